The zero-order valence-corrected chi connectivity index (χ0v) is 18.3. The minimum absolute atomic E-state index is 0.188. The van der Waals surface area contributed by atoms with E-state index >= 15 is 0 Å². The SMILES string of the molecule is COc1cc([C@@H](C)NC(=O)c2cccc(Oc3ccncc3)c2)ccc1OCC(C)C. The fourth-order valence-electron chi connectivity index (χ4n) is 2.94. The first-order chi connectivity index (χ1) is 15.0. The number of carbonyl (C=O) groups is 1. The van der Waals surface area contributed by atoms with Crippen molar-refractivity contribution in [1.82, 2.24) is 10.3 Å². The van der Waals surface area contributed by atoms with Crippen LogP contribution in [-0.4, -0.2) is 24.6 Å². The predicted molar refractivity (Wildman–Crippen MR) is 120 cm³/mol. The number of hydrogen-bond donors (Lipinski definition) is 1. The van der Waals surface area contributed by atoms with Crippen LogP contribution in [0, 0.1) is 5.92 Å². The van der Waals surface area contributed by atoms with Gasteiger partial charge in [-0.05, 0) is 60.9 Å². The van der Waals surface area contributed by atoms with Crippen LogP contribution >= 0.6 is 0 Å². The fraction of sp³-hybridized carbons (Fsp3) is 0.280. The van der Waals surface area contributed by atoms with Crippen LogP contribution in [0.4, 0.5) is 0 Å². The second kappa shape index (κ2) is 10.5. The van der Waals surface area contributed by atoms with E-state index in [1.807, 2.05) is 25.1 Å². The smallest absolute Gasteiger partial charge is 0.251 e. The van der Waals surface area contributed by atoms with Crippen molar-refractivity contribution >= 4 is 5.91 Å². The number of carbonyl (C=O) groups excluding carboxylic acids is 1. The number of methoxy groups -OCH3 is 1. The first kappa shape index (κ1) is 22.2. The highest BCUT2D eigenvalue weighted by molar-refractivity contribution is 5.94. The van der Waals surface area contributed by atoms with Gasteiger partial charge in [0.15, 0.2) is 11.5 Å². The van der Waals surface area contributed by atoms with Gasteiger partial charge in [0.1, 0.15) is 11.5 Å². The van der Waals surface area contributed by atoms with E-state index < -0.39 is 0 Å². The monoisotopic (exact) mass is 420 g/mol. The summed E-state index contributed by atoms with van der Waals surface area (Å²) in [6.07, 6.45) is 3.31. The summed E-state index contributed by atoms with van der Waals surface area (Å²) in [5.41, 5.74) is 1.44. The van der Waals surface area contributed by atoms with Crippen LogP contribution in [-0.2, 0) is 0 Å². The summed E-state index contributed by atoms with van der Waals surface area (Å²) >= 11 is 0. The zero-order valence-electron chi connectivity index (χ0n) is 18.3. The van der Waals surface area contributed by atoms with Crippen LogP contribution in [0.25, 0.3) is 0 Å². The number of benzene rings is 2. The van der Waals surface area contributed by atoms with Crippen LogP contribution in [0.5, 0.6) is 23.0 Å². The van der Waals surface area contributed by atoms with Gasteiger partial charge in [0.05, 0.1) is 19.8 Å². The Bertz CT molecular complexity index is 1010. The molecule has 162 valence electrons. The highest BCUT2D eigenvalue weighted by Gasteiger charge is 2.15. The summed E-state index contributed by atoms with van der Waals surface area (Å²) < 4.78 is 17.1. The number of nitrogens with zero attached hydrogens (tertiary/aromatic N) is 1. The van der Waals surface area contributed by atoms with Crippen molar-refractivity contribution < 1.29 is 19.0 Å². The Hall–Kier alpha value is -3.54. The van der Waals surface area contributed by atoms with Crippen molar-refractivity contribution in [1.29, 1.82) is 0 Å². The van der Waals surface area contributed by atoms with Crippen molar-refractivity contribution in [2.75, 3.05) is 13.7 Å². The maximum Gasteiger partial charge on any atom is 0.251 e. The first-order valence-corrected chi connectivity index (χ1v) is 10.3. The number of aromatic nitrogens is 1. The van der Waals surface area contributed by atoms with Gasteiger partial charge in [0.25, 0.3) is 5.91 Å². The van der Waals surface area contributed by atoms with E-state index in [0.717, 1.165) is 5.56 Å². The topological polar surface area (TPSA) is 69.7 Å². The number of amides is 1. The molecule has 0 bridgehead atoms. The lowest BCUT2D eigenvalue weighted by atomic mass is 10.1. The first-order valence-electron chi connectivity index (χ1n) is 10.3. The Morgan fingerprint density at radius 1 is 0.968 bits per heavy atom. The molecule has 0 aliphatic heterocycles. The quantitative estimate of drug-likeness (QED) is 0.501. The standard InChI is InChI=1S/C25H28N2O4/c1-17(2)16-30-23-9-8-19(15-24(23)29-4)18(3)27-25(28)20-6-5-7-22(14-20)31-21-10-12-26-13-11-21/h5-15,17-18H,16H2,1-4H3,(H,27,28)/t18-/m1/s1. The molecule has 0 saturated carbocycles. The number of pyridine rings is 1. The summed E-state index contributed by atoms with van der Waals surface area (Å²) in [7, 11) is 1.61. The van der Waals surface area contributed by atoms with Crippen LogP contribution in [0.15, 0.2) is 67.0 Å². The minimum Gasteiger partial charge on any atom is -0.493 e. The molecule has 0 spiro atoms. The normalized spacial score (nSPS) is 11.6. The van der Waals surface area contributed by atoms with Crippen LogP contribution < -0.4 is 19.5 Å². The molecular formula is C25H28N2O4. The van der Waals surface area contributed by atoms with Gasteiger partial charge >= 0.3 is 0 Å². The number of nitrogens with one attached hydrogen (secondary N) is 1. The molecule has 0 radical (unpaired) electrons. The average Bonchev–Trinajstić information content (AvgIpc) is 2.78. The molecule has 0 saturated heterocycles. The summed E-state index contributed by atoms with van der Waals surface area (Å²) in [4.78, 5) is 16.8. The minimum atomic E-state index is -0.217. The van der Waals surface area contributed by atoms with Gasteiger partial charge in [-0.2, -0.15) is 0 Å². The van der Waals surface area contributed by atoms with Crippen LogP contribution in [0.3, 0.4) is 0 Å². The molecule has 0 fully saturated rings. The predicted octanol–water partition coefficient (Wildman–Crippen LogP) is 5.41. The molecule has 1 atom stereocenters. The molecule has 0 aliphatic rings. The second-order valence-corrected chi connectivity index (χ2v) is 7.62. The van der Waals surface area contributed by atoms with Gasteiger partial charge in [-0.15, -0.1) is 0 Å². The van der Waals surface area contributed by atoms with E-state index in [9.17, 15) is 4.79 Å². The van der Waals surface area contributed by atoms with E-state index in [2.05, 4.69) is 24.1 Å². The van der Waals surface area contributed by atoms with Crippen molar-refractivity contribution in [3.05, 3.63) is 78.1 Å². The fourth-order valence-corrected chi connectivity index (χ4v) is 2.94. The van der Waals surface area contributed by atoms with Gasteiger partial charge in [-0.3, -0.25) is 9.78 Å². The number of rotatable bonds is 9. The van der Waals surface area contributed by atoms with Crippen molar-refractivity contribution in [3.8, 4) is 23.0 Å². The summed E-state index contributed by atoms with van der Waals surface area (Å²) in [5, 5.41) is 3.02. The number of ether oxygens (including phenoxy) is 3. The van der Waals surface area contributed by atoms with E-state index in [-0.39, 0.29) is 11.9 Å². The highest BCUT2D eigenvalue weighted by Crippen LogP contribution is 2.31. The lowest BCUT2D eigenvalue weighted by Crippen LogP contribution is -2.26. The van der Waals surface area contributed by atoms with Gasteiger partial charge in [-0.1, -0.05) is 26.0 Å². The van der Waals surface area contributed by atoms with E-state index in [0.29, 0.717) is 41.1 Å². The van der Waals surface area contributed by atoms with E-state index in [1.165, 1.54) is 0 Å². The maximum atomic E-state index is 12.8. The largest absolute Gasteiger partial charge is 0.493 e. The maximum absolute atomic E-state index is 12.8. The van der Waals surface area contributed by atoms with Gasteiger partial charge in [0, 0.05) is 18.0 Å². The Kier molecular flexibility index (Phi) is 7.49. The highest BCUT2D eigenvalue weighted by atomic mass is 16.5. The molecule has 0 aliphatic carbocycles. The lowest BCUT2D eigenvalue weighted by molar-refractivity contribution is 0.0939. The molecule has 6 heteroatoms. The Morgan fingerprint density at radius 2 is 1.74 bits per heavy atom. The molecule has 31 heavy (non-hydrogen) atoms. The molecule has 2 aromatic carbocycles. The second-order valence-electron chi connectivity index (χ2n) is 7.62. The summed E-state index contributed by atoms with van der Waals surface area (Å²) in [6.45, 7) is 6.73. The number of hydrogen-bond acceptors (Lipinski definition) is 5. The molecule has 1 N–H and O–H groups in total. The van der Waals surface area contributed by atoms with Gasteiger partial charge in [-0.25, -0.2) is 0 Å². The summed E-state index contributed by atoms with van der Waals surface area (Å²) in [6, 6.07) is 16.1. The molecule has 1 aromatic heterocycles. The van der Waals surface area contributed by atoms with Crippen molar-refractivity contribution in [2.24, 2.45) is 5.92 Å². The third-order valence-electron chi connectivity index (χ3n) is 4.59. The Morgan fingerprint density at radius 3 is 2.45 bits per heavy atom. The molecule has 3 rings (SSSR count). The van der Waals surface area contributed by atoms with Gasteiger partial charge in [0.2, 0.25) is 0 Å². The molecule has 3 aromatic rings. The lowest BCUT2D eigenvalue weighted by Gasteiger charge is -2.18. The van der Waals surface area contributed by atoms with Crippen LogP contribution in [0.2, 0.25) is 0 Å². The third-order valence-corrected chi connectivity index (χ3v) is 4.59. The molecule has 1 heterocycles. The Labute approximate surface area is 183 Å². The van der Waals surface area contributed by atoms with E-state index in [4.69, 9.17) is 14.2 Å². The summed E-state index contributed by atoms with van der Waals surface area (Å²) in [5.74, 6) is 2.81. The third kappa shape index (κ3) is 6.22. The van der Waals surface area contributed by atoms with Crippen molar-refractivity contribution in [2.45, 2.75) is 26.8 Å². The molecular weight excluding hydrogens is 392 g/mol. The van der Waals surface area contributed by atoms with Crippen molar-refractivity contribution in [3.63, 3.8) is 0 Å². The Balaban J connectivity index is 1.68. The molecule has 6 nitrogen and oxygen atoms in total. The van der Waals surface area contributed by atoms with Crippen LogP contribution in [0.1, 0.15) is 42.7 Å². The average molecular weight is 421 g/mol. The zero-order chi connectivity index (χ0) is 22.2. The molecule has 0 unspecified atom stereocenters. The van der Waals surface area contributed by atoms with Gasteiger partial charge < -0.3 is 19.5 Å². The molecule has 1 amide bonds. The van der Waals surface area contributed by atoms with E-state index in [1.54, 1.807) is 55.9 Å².